The van der Waals surface area contributed by atoms with Crippen LogP contribution in [-0.4, -0.2) is 9.97 Å². The Morgan fingerprint density at radius 3 is 1.16 bits per heavy atom. The van der Waals surface area contributed by atoms with Gasteiger partial charge in [0.2, 0.25) is 0 Å². The Labute approximate surface area is 338 Å². The average Bonchev–Trinajstić information content (AvgIpc) is 3.64. The molecule has 1 aromatic heterocycles. The first-order valence-corrected chi connectivity index (χ1v) is 19.8. The van der Waals surface area contributed by atoms with E-state index in [0.717, 1.165) is 50.3 Å². The lowest BCUT2D eigenvalue weighted by atomic mass is 9.92. The SMILES string of the molecule is c1ccc(-c2nc(-c3ccccc3-c3ccccc3)cc(-c3ccccc3-c3ccc(-c4ccc(-c5ccc6c7c(cccc57)-c5ccccc5-6)cc4)cc3)n2)cc1. The summed E-state index contributed by atoms with van der Waals surface area (Å²) in [4.78, 5) is 10.4. The summed E-state index contributed by atoms with van der Waals surface area (Å²) in [5.41, 5.74) is 19.6. The van der Waals surface area contributed by atoms with Crippen molar-refractivity contribution in [2.24, 2.45) is 0 Å². The van der Waals surface area contributed by atoms with E-state index in [1.807, 2.05) is 18.2 Å². The summed E-state index contributed by atoms with van der Waals surface area (Å²) in [5, 5.41) is 2.65. The number of aromatic nitrogens is 2. The molecule has 0 unspecified atom stereocenters. The van der Waals surface area contributed by atoms with Gasteiger partial charge in [-0.3, -0.25) is 0 Å². The first-order chi connectivity index (χ1) is 28.8. The summed E-state index contributed by atoms with van der Waals surface area (Å²) in [6.45, 7) is 0. The minimum absolute atomic E-state index is 0.701. The molecule has 58 heavy (non-hydrogen) atoms. The van der Waals surface area contributed by atoms with Gasteiger partial charge in [0, 0.05) is 16.7 Å². The number of hydrogen-bond donors (Lipinski definition) is 0. The second-order valence-electron chi connectivity index (χ2n) is 14.9. The second kappa shape index (κ2) is 14.1. The second-order valence-corrected chi connectivity index (χ2v) is 14.9. The first-order valence-electron chi connectivity index (χ1n) is 19.8. The van der Waals surface area contributed by atoms with Crippen molar-refractivity contribution in [1.82, 2.24) is 9.97 Å². The van der Waals surface area contributed by atoms with Crippen LogP contribution < -0.4 is 0 Å². The lowest BCUT2D eigenvalue weighted by Crippen LogP contribution is -1.98. The summed E-state index contributed by atoms with van der Waals surface area (Å²) in [6, 6.07) is 78.0. The lowest BCUT2D eigenvalue weighted by molar-refractivity contribution is 1.18. The third-order valence-electron chi connectivity index (χ3n) is 11.5. The van der Waals surface area contributed by atoms with Gasteiger partial charge in [-0.15, -0.1) is 0 Å². The maximum absolute atomic E-state index is 5.22. The Morgan fingerprint density at radius 1 is 0.224 bits per heavy atom. The van der Waals surface area contributed by atoms with Crippen molar-refractivity contribution in [3.05, 3.63) is 218 Å². The fraction of sp³-hybridized carbons (Fsp3) is 0. The van der Waals surface area contributed by atoms with Crippen LogP contribution in [0.15, 0.2) is 218 Å². The van der Waals surface area contributed by atoms with Gasteiger partial charge in [0.15, 0.2) is 5.82 Å². The van der Waals surface area contributed by atoms with Crippen LogP contribution in [0.3, 0.4) is 0 Å². The molecule has 2 nitrogen and oxygen atoms in total. The van der Waals surface area contributed by atoms with Crippen LogP contribution in [0.4, 0.5) is 0 Å². The largest absolute Gasteiger partial charge is 0.228 e. The van der Waals surface area contributed by atoms with E-state index >= 15 is 0 Å². The summed E-state index contributed by atoms with van der Waals surface area (Å²) in [6.07, 6.45) is 0. The van der Waals surface area contributed by atoms with Crippen LogP contribution in [0.1, 0.15) is 0 Å². The highest BCUT2D eigenvalue weighted by Gasteiger charge is 2.22. The molecule has 0 amide bonds. The normalized spacial score (nSPS) is 11.4. The molecule has 0 saturated heterocycles. The Balaban J connectivity index is 0.941. The van der Waals surface area contributed by atoms with Gasteiger partial charge in [-0.2, -0.15) is 0 Å². The van der Waals surface area contributed by atoms with Crippen molar-refractivity contribution in [2.75, 3.05) is 0 Å². The Kier molecular flexibility index (Phi) is 8.19. The topological polar surface area (TPSA) is 25.8 Å². The van der Waals surface area contributed by atoms with Gasteiger partial charge in [-0.05, 0) is 83.6 Å². The van der Waals surface area contributed by atoms with E-state index in [2.05, 4.69) is 200 Å². The van der Waals surface area contributed by atoms with E-state index < -0.39 is 0 Å². The van der Waals surface area contributed by atoms with Crippen molar-refractivity contribution in [3.8, 4) is 101 Å². The Hall–Kier alpha value is -7.68. The van der Waals surface area contributed by atoms with E-state index in [0.29, 0.717) is 5.82 Å². The highest BCUT2D eigenvalue weighted by molar-refractivity contribution is 6.18. The molecule has 1 aliphatic carbocycles. The molecule has 10 aromatic rings. The van der Waals surface area contributed by atoms with Crippen LogP contribution in [0, 0.1) is 0 Å². The molecular weight excluding hydrogens is 701 g/mol. The van der Waals surface area contributed by atoms with E-state index in [4.69, 9.17) is 9.97 Å². The van der Waals surface area contributed by atoms with Gasteiger partial charge >= 0.3 is 0 Å². The predicted molar refractivity (Wildman–Crippen MR) is 242 cm³/mol. The molecule has 0 aliphatic heterocycles. The Bertz CT molecular complexity index is 3100. The molecule has 0 radical (unpaired) electrons. The van der Waals surface area contributed by atoms with E-state index in [9.17, 15) is 0 Å². The van der Waals surface area contributed by atoms with Crippen LogP contribution in [0.2, 0.25) is 0 Å². The van der Waals surface area contributed by atoms with E-state index in [-0.39, 0.29) is 0 Å². The van der Waals surface area contributed by atoms with Crippen molar-refractivity contribution < 1.29 is 0 Å². The molecule has 0 bridgehead atoms. The van der Waals surface area contributed by atoms with Crippen LogP contribution >= 0.6 is 0 Å². The van der Waals surface area contributed by atoms with Gasteiger partial charge in [0.05, 0.1) is 11.4 Å². The smallest absolute Gasteiger partial charge is 0.160 e. The number of benzene rings is 9. The number of nitrogens with zero attached hydrogens (tertiary/aromatic N) is 2. The fourth-order valence-corrected chi connectivity index (χ4v) is 8.72. The summed E-state index contributed by atoms with van der Waals surface area (Å²) in [7, 11) is 0. The van der Waals surface area contributed by atoms with Gasteiger partial charge < -0.3 is 0 Å². The zero-order chi connectivity index (χ0) is 38.4. The van der Waals surface area contributed by atoms with Crippen molar-refractivity contribution in [3.63, 3.8) is 0 Å². The predicted octanol–water partition coefficient (Wildman–Crippen LogP) is 14.9. The maximum atomic E-state index is 5.22. The average molecular weight is 737 g/mol. The standard InChI is InChI=1S/C56H36N2/c1-3-14-39(15-4-1)43-18-7-11-22-48(43)53-36-54(58-56(57-53)42-16-5-2-6-17-42)49-23-12-8-19-44(49)40-30-26-37(27-31-40)38-28-32-41(33-29-38)45-34-35-52-47-21-10-9-20-46(47)51-25-13-24-50(45)55(51)52/h1-36H. The highest BCUT2D eigenvalue weighted by Crippen LogP contribution is 2.49. The van der Waals surface area contributed by atoms with Crippen molar-refractivity contribution in [1.29, 1.82) is 0 Å². The quantitative estimate of drug-likeness (QED) is 0.163. The minimum Gasteiger partial charge on any atom is -0.228 e. The third-order valence-corrected chi connectivity index (χ3v) is 11.5. The van der Waals surface area contributed by atoms with Gasteiger partial charge in [0.25, 0.3) is 0 Å². The monoisotopic (exact) mass is 736 g/mol. The maximum Gasteiger partial charge on any atom is 0.160 e. The van der Waals surface area contributed by atoms with E-state index in [1.165, 1.54) is 55.3 Å². The molecule has 0 atom stereocenters. The number of hydrogen-bond acceptors (Lipinski definition) is 2. The zero-order valence-electron chi connectivity index (χ0n) is 31.7. The van der Waals surface area contributed by atoms with Crippen molar-refractivity contribution in [2.45, 2.75) is 0 Å². The van der Waals surface area contributed by atoms with Crippen LogP contribution in [0.25, 0.3) is 111 Å². The molecule has 0 spiro atoms. The van der Waals surface area contributed by atoms with Gasteiger partial charge in [0.1, 0.15) is 0 Å². The molecule has 0 saturated carbocycles. The summed E-state index contributed by atoms with van der Waals surface area (Å²) >= 11 is 0. The summed E-state index contributed by atoms with van der Waals surface area (Å²) in [5.74, 6) is 0.701. The van der Waals surface area contributed by atoms with Gasteiger partial charge in [-0.25, -0.2) is 9.97 Å². The highest BCUT2D eigenvalue weighted by atomic mass is 14.9. The number of fused-ring (bicyclic) bond motifs is 3. The molecule has 11 rings (SSSR count). The molecule has 0 fully saturated rings. The molecule has 9 aromatic carbocycles. The fourth-order valence-electron chi connectivity index (χ4n) is 8.72. The first kappa shape index (κ1) is 33.6. The molecule has 1 heterocycles. The Morgan fingerprint density at radius 2 is 0.603 bits per heavy atom. The van der Waals surface area contributed by atoms with Gasteiger partial charge in [-0.1, -0.05) is 212 Å². The number of rotatable bonds is 7. The third kappa shape index (κ3) is 5.82. The van der Waals surface area contributed by atoms with Crippen molar-refractivity contribution >= 4 is 10.8 Å². The zero-order valence-corrected chi connectivity index (χ0v) is 31.7. The van der Waals surface area contributed by atoms with Crippen LogP contribution in [0.5, 0.6) is 0 Å². The molecule has 0 N–H and O–H groups in total. The van der Waals surface area contributed by atoms with E-state index in [1.54, 1.807) is 0 Å². The van der Waals surface area contributed by atoms with Crippen LogP contribution in [-0.2, 0) is 0 Å². The lowest BCUT2D eigenvalue weighted by Gasteiger charge is -2.15. The molecule has 270 valence electrons. The summed E-state index contributed by atoms with van der Waals surface area (Å²) < 4.78 is 0. The molecule has 1 aliphatic rings. The molecular formula is C56H36N2. The molecule has 2 heteroatoms. The minimum atomic E-state index is 0.701.